The maximum atomic E-state index is 13.4. The molecule has 37 heavy (non-hydrogen) atoms. The number of pyridine rings is 1. The summed E-state index contributed by atoms with van der Waals surface area (Å²) in [7, 11) is 0. The number of halogens is 3. The highest BCUT2D eigenvalue weighted by molar-refractivity contribution is 5.80. The number of alkyl halides is 3. The zero-order valence-electron chi connectivity index (χ0n) is 20.7. The number of carbonyl (C=O) groups excluding carboxylic acids is 2. The number of amides is 2. The van der Waals surface area contributed by atoms with E-state index >= 15 is 0 Å². The average Bonchev–Trinajstić information content (AvgIpc) is 3.34. The van der Waals surface area contributed by atoms with Crippen LogP contribution in [0, 0.1) is 23.2 Å². The van der Waals surface area contributed by atoms with Gasteiger partial charge in [0.25, 0.3) is 0 Å². The second-order valence-corrected chi connectivity index (χ2v) is 9.73. The molecule has 0 N–H and O–H groups in total. The quantitative estimate of drug-likeness (QED) is 0.596. The van der Waals surface area contributed by atoms with E-state index in [1.807, 2.05) is 24.0 Å². The fourth-order valence-electron chi connectivity index (χ4n) is 5.24. The number of nitrogens with zero attached hydrogens (tertiary/aromatic N) is 4. The minimum atomic E-state index is -4.48. The molecule has 0 spiro atoms. The Kier molecular flexibility index (Phi) is 7.71. The summed E-state index contributed by atoms with van der Waals surface area (Å²) < 4.78 is 44.7. The molecule has 2 amide bonds. The van der Waals surface area contributed by atoms with Crippen LogP contribution < -0.4 is 4.74 Å². The largest absolute Gasteiger partial charge is 0.474 e. The molecule has 10 heteroatoms. The fourth-order valence-corrected chi connectivity index (χ4v) is 5.24. The van der Waals surface area contributed by atoms with Crippen LogP contribution in [0.25, 0.3) is 0 Å². The van der Waals surface area contributed by atoms with Gasteiger partial charge in [-0.15, -0.1) is 0 Å². The summed E-state index contributed by atoms with van der Waals surface area (Å²) in [6.07, 6.45) is -2.95. The third-order valence-electron chi connectivity index (χ3n) is 7.41. The van der Waals surface area contributed by atoms with Gasteiger partial charge in [-0.1, -0.05) is 12.1 Å². The Hall–Kier alpha value is -3.61. The van der Waals surface area contributed by atoms with Gasteiger partial charge < -0.3 is 14.5 Å². The highest BCUT2D eigenvalue weighted by atomic mass is 19.4. The first-order chi connectivity index (χ1) is 17.6. The van der Waals surface area contributed by atoms with E-state index in [1.165, 1.54) is 13.0 Å². The molecular weight excluding hydrogens is 485 g/mol. The summed E-state index contributed by atoms with van der Waals surface area (Å²) in [5.41, 5.74) is 0.639. The summed E-state index contributed by atoms with van der Waals surface area (Å²) in [5.74, 6) is -0.249. The van der Waals surface area contributed by atoms with Crippen LogP contribution in [0.1, 0.15) is 49.3 Å². The molecular formula is C27H29F3N4O3. The molecule has 0 bridgehead atoms. The van der Waals surface area contributed by atoms with Gasteiger partial charge in [-0.3, -0.25) is 9.59 Å². The highest BCUT2D eigenvalue weighted by Gasteiger charge is 2.42. The van der Waals surface area contributed by atoms with Crippen molar-refractivity contribution in [2.24, 2.45) is 11.8 Å². The van der Waals surface area contributed by atoms with E-state index in [0.29, 0.717) is 44.6 Å². The lowest BCUT2D eigenvalue weighted by molar-refractivity contribution is -0.139. The summed E-state index contributed by atoms with van der Waals surface area (Å²) >= 11 is 0. The Bertz CT molecular complexity index is 1150. The summed E-state index contributed by atoms with van der Waals surface area (Å²) in [6, 6.07) is 11.5. The van der Waals surface area contributed by atoms with E-state index in [4.69, 9.17) is 10.00 Å². The van der Waals surface area contributed by atoms with E-state index < -0.39 is 17.8 Å². The van der Waals surface area contributed by atoms with Crippen LogP contribution in [0.3, 0.4) is 0 Å². The van der Waals surface area contributed by atoms with E-state index in [1.54, 1.807) is 17.0 Å². The minimum Gasteiger partial charge on any atom is -0.474 e. The number of carbonyl (C=O) groups is 2. The Morgan fingerprint density at radius 3 is 2.30 bits per heavy atom. The standard InChI is InChI=1S/C27H29F3N4O3/c1-17(37-25-8-7-22(14-32-25)27(28,29)30)23-15-34(16-24(23)20-5-3-19(13-31)4-6-20)26(36)21-9-11-33(12-10-21)18(2)35/h3-8,14,17,21,23-24H,9-12,15-16H2,1-2H3. The van der Waals surface area contributed by atoms with Crippen molar-refractivity contribution in [3.8, 4) is 11.9 Å². The van der Waals surface area contributed by atoms with Crippen molar-refractivity contribution >= 4 is 11.8 Å². The normalized spacial score (nSPS) is 21.4. The third kappa shape index (κ3) is 6.04. The zero-order valence-corrected chi connectivity index (χ0v) is 20.7. The molecule has 1 aromatic carbocycles. The van der Waals surface area contributed by atoms with Gasteiger partial charge in [0.15, 0.2) is 0 Å². The number of ether oxygens (including phenoxy) is 1. The molecule has 3 unspecified atom stereocenters. The van der Waals surface area contributed by atoms with Crippen molar-refractivity contribution in [3.05, 3.63) is 59.3 Å². The lowest BCUT2D eigenvalue weighted by atomic mass is 9.85. The van der Waals surface area contributed by atoms with E-state index in [0.717, 1.165) is 17.8 Å². The second-order valence-electron chi connectivity index (χ2n) is 9.73. The van der Waals surface area contributed by atoms with Crippen LogP contribution in [0.2, 0.25) is 0 Å². The van der Waals surface area contributed by atoms with Crippen molar-refractivity contribution in [1.82, 2.24) is 14.8 Å². The van der Waals surface area contributed by atoms with Crippen LogP contribution >= 0.6 is 0 Å². The van der Waals surface area contributed by atoms with Gasteiger partial charge in [0.05, 0.1) is 17.2 Å². The molecule has 4 rings (SSSR count). The van der Waals surface area contributed by atoms with Gasteiger partial charge in [0.2, 0.25) is 17.7 Å². The maximum absolute atomic E-state index is 13.4. The Morgan fingerprint density at radius 1 is 1.08 bits per heavy atom. The van der Waals surface area contributed by atoms with Crippen molar-refractivity contribution in [2.75, 3.05) is 26.2 Å². The number of hydrogen-bond donors (Lipinski definition) is 0. The summed E-state index contributed by atoms with van der Waals surface area (Å²) in [4.78, 5) is 32.5. The first-order valence-corrected chi connectivity index (χ1v) is 12.3. The number of benzene rings is 1. The van der Waals surface area contributed by atoms with Crippen molar-refractivity contribution in [3.63, 3.8) is 0 Å². The molecule has 2 saturated heterocycles. The molecule has 3 atom stereocenters. The van der Waals surface area contributed by atoms with Gasteiger partial charge in [0.1, 0.15) is 6.10 Å². The molecule has 0 saturated carbocycles. The summed E-state index contributed by atoms with van der Waals surface area (Å²) in [6.45, 7) is 5.37. The first-order valence-electron chi connectivity index (χ1n) is 12.3. The molecule has 7 nitrogen and oxygen atoms in total. The molecule has 2 aromatic rings. The predicted molar refractivity (Wildman–Crippen MR) is 128 cm³/mol. The predicted octanol–water partition coefficient (Wildman–Crippen LogP) is 4.24. The van der Waals surface area contributed by atoms with Crippen LogP contribution in [-0.2, 0) is 15.8 Å². The fraction of sp³-hybridized carbons (Fsp3) is 0.481. The average molecular weight is 515 g/mol. The lowest BCUT2D eigenvalue weighted by Crippen LogP contribution is -2.43. The van der Waals surface area contributed by atoms with Crippen LogP contribution in [0.4, 0.5) is 13.2 Å². The zero-order chi connectivity index (χ0) is 26.7. The third-order valence-corrected chi connectivity index (χ3v) is 7.41. The van der Waals surface area contributed by atoms with Crippen LogP contribution in [-0.4, -0.2) is 58.9 Å². The molecule has 1 aromatic heterocycles. The van der Waals surface area contributed by atoms with Gasteiger partial charge >= 0.3 is 6.18 Å². The van der Waals surface area contributed by atoms with E-state index in [-0.39, 0.29) is 35.4 Å². The molecule has 2 fully saturated rings. The monoisotopic (exact) mass is 514 g/mol. The Balaban J connectivity index is 1.51. The SMILES string of the molecule is CC(=O)N1CCC(C(=O)N2CC(c3ccc(C#N)cc3)C(C(C)Oc3ccc(C(F)(F)F)cn3)C2)CC1. The van der Waals surface area contributed by atoms with Gasteiger partial charge in [-0.05, 0) is 43.5 Å². The maximum Gasteiger partial charge on any atom is 0.417 e. The van der Waals surface area contributed by atoms with Gasteiger partial charge in [0, 0.05) is 63.1 Å². The number of piperidine rings is 1. The van der Waals surface area contributed by atoms with E-state index in [2.05, 4.69) is 11.1 Å². The number of likely N-dealkylation sites (tertiary alicyclic amines) is 2. The number of rotatable bonds is 5. The number of hydrogen-bond acceptors (Lipinski definition) is 5. The van der Waals surface area contributed by atoms with Crippen molar-refractivity contribution in [2.45, 2.75) is 44.9 Å². The molecule has 2 aliphatic rings. The molecule has 2 aliphatic heterocycles. The lowest BCUT2D eigenvalue weighted by Gasteiger charge is -2.32. The van der Waals surface area contributed by atoms with E-state index in [9.17, 15) is 22.8 Å². The van der Waals surface area contributed by atoms with Gasteiger partial charge in [-0.25, -0.2) is 4.98 Å². The molecule has 196 valence electrons. The second kappa shape index (κ2) is 10.8. The van der Waals surface area contributed by atoms with Crippen molar-refractivity contribution < 1.29 is 27.5 Å². The minimum absolute atomic E-state index is 0.0101. The molecule has 0 radical (unpaired) electrons. The number of aromatic nitrogens is 1. The highest BCUT2D eigenvalue weighted by Crippen LogP contribution is 2.38. The van der Waals surface area contributed by atoms with Crippen LogP contribution in [0.5, 0.6) is 5.88 Å². The molecule has 0 aliphatic carbocycles. The Labute approximate surface area is 213 Å². The van der Waals surface area contributed by atoms with Crippen LogP contribution in [0.15, 0.2) is 42.6 Å². The summed E-state index contributed by atoms with van der Waals surface area (Å²) in [5, 5.41) is 9.16. The Morgan fingerprint density at radius 2 is 1.76 bits per heavy atom. The van der Waals surface area contributed by atoms with Crippen molar-refractivity contribution in [1.29, 1.82) is 5.26 Å². The smallest absolute Gasteiger partial charge is 0.417 e. The topological polar surface area (TPSA) is 86.5 Å². The van der Waals surface area contributed by atoms with Gasteiger partial charge in [-0.2, -0.15) is 18.4 Å². The molecule has 3 heterocycles. The first kappa shape index (κ1) is 26.5. The number of nitriles is 1.